The summed E-state index contributed by atoms with van der Waals surface area (Å²) in [5, 5.41) is 5.13. The van der Waals surface area contributed by atoms with Crippen LogP contribution in [0.5, 0.6) is 0 Å². The maximum atomic E-state index is 6.25. The lowest BCUT2D eigenvalue weighted by molar-refractivity contribution is 1.18. The summed E-state index contributed by atoms with van der Waals surface area (Å²) in [7, 11) is 0. The van der Waals surface area contributed by atoms with Gasteiger partial charge in [0.1, 0.15) is 0 Å². The minimum Gasteiger partial charge on any atom is -0.399 e. The van der Waals surface area contributed by atoms with Crippen molar-refractivity contribution in [3.63, 3.8) is 0 Å². The van der Waals surface area contributed by atoms with Crippen LogP contribution in [0.2, 0.25) is 0 Å². The summed E-state index contributed by atoms with van der Waals surface area (Å²) in [6.45, 7) is 6.48. The first-order chi connectivity index (χ1) is 20.4. The van der Waals surface area contributed by atoms with Crippen molar-refractivity contribution in [3.05, 3.63) is 114 Å². The van der Waals surface area contributed by atoms with Crippen molar-refractivity contribution in [1.29, 1.82) is 0 Å². The quantitative estimate of drug-likeness (QED) is 0.204. The number of hydrogen-bond acceptors (Lipinski definition) is 3. The molecule has 0 unspecified atom stereocenters. The van der Waals surface area contributed by atoms with Gasteiger partial charge in [0.25, 0.3) is 0 Å². The van der Waals surface area contributed by atoms with Crippen LogP contribution in [0.3, 0.4) is 0 Å². The highest BCUT2D eigenvalue weighted by Crippen LogP contribution is 2.48. The van der Waals surface area contributed by atoms with Crippen molar-refractivity contribution >= 4 is 90.8 Å². The number of nitrogens with zero attached hydrogens (tertiary/aromatic N) is 2. The lowest BCUT2D eigenvalue weighted by Gasteiger charge is -2.10. The molecule has 42 heavy (non-hydrogen) atoms. The Labute approximate surface area is 250 Å². The molecule has 202 valence electrons. The van der Waals surface area contributed by atoms with E-state index in [0.29, 0.717) is 0 Å². The fraction of sp³-hybridized carbons (Fsp3) is 0.0811. The van der Waals surface area contributed by atoms with Gasteiger partial charge in [0.05, 0.1) is 31.5 Å². The van der Waals surface area contributed by atoms with Crippen LogP contribution in [0.4, 0.5) is 5.69 Å². The van der Waals surface area contributed by atoms with E-state index in [-0.39, 0.29) is 0 Å². The summed E-state index contributed by atoms with van der Waals surface area (Å²) in [4.78, 5) is 0. The molecule has 0 saturated carbocycles. The monoisotopic (exact) mass is 577 g/mol. The van der Waals surface area contributed by atoms with Crippen molar-refractivity contribution in [3.8, 4) is 11.4 Å². The van der Waals surface area contributed by atoms with Crippen LogP contribution in [-0.4, -0.2) is 9.13 Å². The number of fused-ring (bicyclic) bond motifs is 10. The molecule has 4 aromatic heterocycles. The lowest BCUT2D eigenvalue weighted by atomic mass is 10.1. The third-order valence-corrected chi connectivity index (χ3v) is 11.0. The molecule has 9 aromatic rings. The van der Waals surface area contributed by atoms with Gasteiger partial charge >= 0.3 is 0 Å². The Morgan fingerprint density at radius 1 is 0.476 bits per heavy atom. The summed E-state index contributed by atoms with van der Waals surface area (Å²) >= 11 is 3.75. The molecule has 0 spiro atoms. The SMILES string of the molecule is Cc1ccc(-n2c3cc4c5sc6cc(N)ccc6c5n(-c5ccc(C)cc5)c4cc3c3sc4cc(C)ccc4c32)cc1. The van der Waals surface area contributed by atoms with E-state index in [1.807, 2.05) is 28.7 Å². The molecule has 2 N–H and O–H groups in total. The number of benzene rings is 5. The maximum absolute atomic E-state index is 6.25. The highest BCUT2D eigenvalue weighted by atomic mass is 32.1. The number of anilines is 1. The average Bonchev–Trinajstić information content (AvgIpc) is 3.69. The van der Waals surface area contributed by atoms with Crippen LogP contribution in [0, 0.1) is 20.8 Å². The molecule has 0 atom stereocenters. The third kappa shape index (κ3) is 3.26. The number of aryl methyl sites for hydroxylation is 3. The van der Waals surface area contributed by atoms with E-state index in [4.69, 9.17) is 5.73 Å². The van der Waals surface area contributed by atoms with Gasteiger partial charge < -0.3 is 14.9 Å². The van der Waals surface area contributed by atoms with Gasteiger partial charge in [-0.1, -0.05) is 47.5 Å². The summed E-state index contributed by atoms with van der Waals surface area (Å²) in [6, 6.07) is 35.9. The number of thiophene rings is 2. The van der Waals surface area contributed by atoms with E-state index in [9.17, 15) is 0 Å². The van der Waals surface area contributed by atoms with Crippen LogP contribution < -0.4 is 5.73 Å². The first kappa shape index (κ1) is 24.1. The van der Waals surface area contributed by atoms with Gasteiger partial charge in [-0.3, -0.25) is 0 Å². The topological polar surface area (TPSA) is 35.9 Å². The first-order valence-corrected chi connectivity index (χ1v) is 15.9. The fourth-order valence-electron chi connectivity index (χ4n) is 6.57. The molecular formula is C37H27N3S2. The molecule has 0 saturated heterocycles. The van der Waals surface area contributed by atoms with E-state index < -0.39 is 0 Å². The fourth-order valence-corrected chi connectivity index (χ4v) is 9.15. The summed E-state index contributed by atoms with van der Waals surface area (Å²) in [5.41, 5.74) is 18.3. The molecule has 3 nitrogen and oxygen atoms in total. The molecule has 0 aliphatic rings. The Morgan fingerprint density at radius 2 is 0.929 bits per heavy atom. The van der Waals surface area contributed by atoms with Crippen LogP contribution in [0.1, 0.15) is 16.7 Å². The molecular weight excluding hydrogens is 551 g/mol. The van der Waals surface area contributed by atoms with Gasteiger partial charge in [-0.25, -0.2) is 0 Å². The van der Waals surface area contributed by atoms with Crippen molar-refractivity contribution in [2.75, 3.05) is 5.73 Å². The predicted molar refractivity (Wildman–Crippen MR) is 185 cm³/mol. The Balaban J connectivity index is 1.50. The minimum absolute atomic E-state index is 0.801. The highest BCUT2D eigenvalue weighted by molar-refractivity contribution is 7.27. The number of aromatic nitrogens is 2. The van der Waals surface area contributed by atoms with E-state index in [0.717, 1.165) is 5.69 Å². The second-order valence-corrected chi connectivity index (χ2v) is 13.6. The number of nitrogens with two attached hydrogens (primary N) is 1. The number of hydrogen-bond donors (Lipinski definition) is 1. The van der Waals surface area contributed by atoms with Crippen molar-refractivity contribution in [1.82, 2.24) is 9.13 Å². The van der Waals surface area contributed by atoms with Gasteiger partial charge in [-0.2, -0.15) is 0 Å². The molecule has 5 heteroatoms. The molecule has 0 aliphatic carbocycles. The second kappa shape index (κ2) is 8.48. The Morgan fingerprint density at radius 3 is 1.45 bits per heavy atom. The van der Waals surface area contributed by atoms with E-state index in [2.05, 4.69) is 121 Å². The molecule has 0 radical (unpaired) electrons. The third-order valence-electron chi connectivity index (χ3n) is 8.62. The maximum Gasteiger partial charge on any atom is 0.0727 e. The Kier molecular flexibility index (Phi) is 4.86. The van der Waals surface area contributed by atoms with Crippen molar-refractivity contribution < 1.29 is 0 Å². The molecule has 0 aliphatic heterocycles. The van der Waals surface area contributed by atoms with E-state index in [1.54, 1.807) is 0 Å². The molecule has 4 heterocycles. The van der Waals surface area contributed by atoms with Gasteiger partial charge in [-0.05, 0) is 87.0 Å². The molecule has 0 bridgehead atoms. The van der Waals surface area contributed by atoms with Crippen LogP contribution >= 0.6 is 22.7 Å². The summed E-state index contributed by atoms with van der Waals surface area (Å²) < 4.78 is 10.1. The average molecular weight is 578 g/mol. The Bertz CT molecular complexity index is 2360. The van der Waals surface area contributed by atoms with E-state index in [1.165, 1.54) is 90.5 Å². The van der Waals surface area contributed by atoms with Gasteiger partial charge in [0.2, 0.25) is 0 Å². The first-order valence-electron chi connectivity index (χ1n) is 14.2. The zero-order chi connectivity index (χ0) is 28.3. The normalized spacial score (nSPS) is 12.3. The highest BCUT2D eigenvalue weighted by Gasteiger charge is 2.23. The summed E-state index contributed by atoms with van der Waals surface area (Å²) in [6.07, 6.45) is 0. The van der Waals surface area contributed by atoms with Crippen molar-refractivity contribution in [2.45, 2.75) is 20.8 Å². The molecule has 0 amide bonds. The predicted octanol–water partition coefficient (Wildman–Crippen LogP) is 10.8. The zero-order valence-electron chi connectivity index (χ0n) is 23.5. The number of rotatable bonds is 2. The molecule has 0 fully saturated rings. The number of nitrogen functional groups attached to an aromatic ring is 1. The largest absolute Gasteiger partial charge is 0.399 e. The van der Waals surface area contributed by atoms with Crippen LogP contribution in [0.25, 0.3) is 73.8 Å². The van der Waals surface area contributed by atoms with Crippen molar-refractivity contribution in [2.24, 2.45) is 0 Å². The van der Waals surface area contributed by atoms with Crippen LogP contribution in [-0.2, 0) is 0 Å². The summed E-state index contributed by atoms with van der Waals surface area (Å²) in [5.74, 6) is 0. The molecule has 5 aromatic carbocycles. The lowest BCUT2D eigenvalue weighted by Crippen LogP contribution is -1.95. The zero-order valence-corrected chi connectivity index (χ0v) is 25.2. The van der Waals surface area contributed by atoms with Crippen LogP contribution in [0.15, 0.2) is 97.1 Å². The molecule has 9 rings (SSSR count). The standard InChI is InChI=1S/C37H27N3S2/c1-20-4-10-24(11-5-20)39-30-19-29-31(18-28(30)36-34(39)26-14-8-22(3)16-32(26)41-36)40(25-12-6-21(2)7-13-25)35-27-15-9-23(38)17-33(27)42-37(29)35/h4-19H,38H2,1-3H3. The smallest absolute Gasteiger partial charge is 0.0727 e. The Hall–Kier alpha value is -4.58. The minimum atomic E-state index is 0.801. The second-order valence-electron chi connectivity index (χ2n) is 11.5. The van der Waals surface area contributed by atoms with Gasteiger partial charge in [0, 0.05) is 48.0 Å². The van der Waals surface area contributed by atoms with E-state index >= 15 is 0 Å². The van der Waals surface area contributed by atoms with Gasteiger partial charge in [0.15, 0.2) is 0 Å². The van der Waals surface area contributed by atoms with Gasteiger partial charge in [-0.15, -0.1) is 22.7 Å².